The molecule has 0 amide bonds. The zero-order valence-corrected chi connectivity index (χ0v) is 25.5. The highest BCUT2D eigenvalue weighted by Crippen LogP contribution is 2.47. The van der Waals surface area contributed by atoms with Crippen molar-refractivity contribution < 1.29 is 30.6 Å². The molecule has 0 saturated heterocycles. The molecule has 0 spiro atoms. The highest BCUT2D eigenvalue weighted by atomic mass is 16.3. The van der Waals surface area contributed by atoms with Gasteiger partial charge in [-0.2, -0.15) is 0 Å². The van der Waals surface area contributed by atoms with Crippen LogP contribution < -0.4 is 0 Å². The van der Waals surface area contributed by atoms with Gasteiger partial charge < -0.3 is 30.6 Å². The Balaban J connectivity index is 2.84. The second-order valence-electron chi connectivity index (χ2n) is 12.6. The molecular weight excluding hydrogens is 504 g/mol. The predicted molar refractivity (Wildman–Crippen MR) is 162 cm³/mol. The Labute approximate surface area is 241 Å². The fourth-order valence-corrected chi connectivity index (χ4v) is 5.93. The number of hydrogen-bond acceptors (Lipinski definition) is 6. The Morgan fingerprint density at radius 3 is 1.30 bits per heavy atom. The molecule has 0 radical (unpaired) electrons. The van der Waals surface area contributed by atoms with E-state index < -0.39 is 0 Å². The molecule has 0 aliphatic heterocycles. The molecule has 0 saturated carbocycles. The van der Waals surface area contributed by atoms with E-state index in [0.29, 0.717) is 51.4 Å². The summed E-state index contributed by atoms with van der Waals surface area (Å²) in [5.41, 5.74) is 4.52. The monoisotopic (exact) mass is 558 g/mol. The first-order chi connectivity index (χ1) is 19.0. The number of phenolic OH excluding ortho intramolecular Hbond substituents is 2. The van der Waals surface area contributed by atoms with Crippen LogP contribution in [0.3, 0.4) is 0 Å². The zero-order valence-electron chi connectivity index (χ0n) is 25.5. The lowest BCUT2D eigenvalue weighted by atomic mass is 9.74. The van der Waals surface area contributed by atoms with Crippen molar-refractivity contribution in [3.05, 3.63) is 57.6 Å². The summed E-state index contributed by atoms with van der Waals surface area (Å²) < 4.78 is 0. The molecule has 0 fully saturated rings. The molecule has 0 unspecified atom stereocenters. The molecule has 0 aromatic heterocycles. The number of benzene rings is 2. The van der Waals surface area contributed by atoms with Crippen molar-refractivity contribution >= 4 is 0 Å². The lowest BCUT2D eigenvalue weighted by Gasteiger charge is -2.32. The molecule has 2 aromatic carbocycles. The molecule has 2 rings (SSSR count). The maximum Gasteiger partial charge on any atom is 0.123 e. The lowest BCUT2D eigenvalue weighted by Crippen LogP contribution is -2.20. The van der Waals surface area contributed by atoms with E-state index in [1.54, 1.807) is 0 Å². The van der Waals surface area contributed by atoms with E-state index in [0.717, 1.165) is 46.2 Å². The second-order valence-corrected chi connectivity index (χ2v) is 12.6. The van der Waals surface area contributed by atoms with Crippen molar-refractivity contribution in [1.82, 2.24) is 0 Å². The van der Waals surface area contributed by atoms with Gasteiger partial charge in [0.1, 0.15) is 11.5 Å². The molecule has 0 aliphatic rings. The van der Waals surface area contributed by atoms with Crippen LogP contribution >= 0.6 is 0 Å². The van der Waals surface area contributed by atoms with E-state index >= 15 is 0 Å². The van der Waals surface area contributed by atoms with Gasteiger partial charge in [0.05, 0.1) is 0 Å². The van der Waals surface area contributed by atoms with Crippen molar-refractivity contribution in [3.8, 4) is 11.5 Å². The summed E-state index contributed by atoms with van der Waals surface area (Å²) in [5.74, 6) is 0.207. The van der Waals surface area contributed by atoms with Crippen LogP contribution in [0, 0.1) is 0 Å². The summed E-state index contributed by atoms with van der Waals surface area (Å²) in [7, 11) is 0. The van der Waals surface area contributed by atoms with Crippen molar-refractivity contribution in [2.45, 2.75) is 116 Å². The fourth-order valence-electron chi connectivity index (χ4n) is 5.93. The van der Waals surface area contributed by atoms with Crippen LogP contribution in [0.2, 0.25) is 0 Å². The smallest absolute Gasteiger partial charge is 0.123 e. The molecule has 0 atom stereocenters. The first kappa shape index (κ1) is 34.1. The normalized spacial score (nSPS) is 12.4. The summed E-state index contributed by atoms with van der Waals surface area (Å²) in [6.45, 7) is 10.8. The average molecular weight is 559 g/mol. The first-order valence-electron chi connectivity index (χ1n) is 15.1. The quantitative estimate of drug-likeness (QED) is 0.134. The van der Waals surface area contributed by atoms with Crippen LogP contribution in [0.5, 0.6) is 11.5 Å². The molecule has 6 N–H and O–H groups in total. The van der Waals surface area contributed by atoms with Crippen LogP contribution in [-0.2, 0) is 23.7 Å². The minimum atomic E-state index is -0.379. The van der Waals surface area contributed by atoms with Crippen LogP contribution in [0.15, 0.2) is 24.3 Å². The highest BCUT2D eigenvalue weighted by molar-refractivity contribution is 5.56. The van der Waals surface area contributed by atoms with Gasteiger partial charge in [0.15, 0.2) is 0 Å². The van der Waals surface area contributed by atoms with E-state index in [-0.39, 0.29) is 54.7 Å². The van der Waals surface area contributed by atoms with E-state index in [2.05, 4.69) is 34.6 Å². The molecule has 6 nitrogen and oxygen atoms in total. The fraction of sp³-hybridized carbons (Fsp3) is 0.647. The van der Waals surface area contributed by atoms with Gasteiger partial charge >= 0.3 is 0 Å². The zero-order chi connectivity index (χ0) is 29.9. The minimum Gasteiger partial charge on any atom is -0.507 e. The Morgan fingerprint density at radius 1 is 0.600 bits per heavy atom. The molecule has 40 heavy (non-hydrogen) atoms. The van der Waals surface area contributed by atoms with Gasteiger partial charge in [-0.15, -0.1) is 0 Å². The molecular formula is C34H54O6. The summed E-state index contributed by atoms with van der Waals surface area (Å²) in [6.07, 6.45) is 6.82. The third-order valence-electron chi connectivity index (χ3n) is 8.35. The lowest BCUT2D eigenvalue weighted by molar-refractivity contribution is 0.266. The van der Waals surface area contributed by atoms with Crippen LogP contribution in [0.25, 0.3) is 0 Å². The number of aromatic hydroxyl groups is 2. The van der Waals surface area contributed by atoms with E-state index in [4.69, 9.17) is 0 Å². The Hall–Kier alpha value is -2.12. The minimum absolute atomic E-state index is 0.0812. The molecule has 226 valence electrons. The van der Waals surface area contributed by atoms with Crippen molar-refractivity contribution in [3.63, 3.8) is 0 Å². The van der Waals surface area contributed by atoms with Crippen LogP contribution in [0.1, 0.15) is 125 Å². The van der Waals surface area contributed by atoms with Crippen molar-refractivity contribution in [2.24, 2.45) is 0 Å². The Morgan fingerprint density at radius 2 is 0.975 bits per heavy atom. The number of aryl methyl sites for hydroxylation is 2. The van der Waals surface area contributed by atoms with E-state index in [1.807, 2.05) is 24.3 Å². The van der Waals surface area contributed by atoms with Gasteiger partial charge in [0.2, 0.25) is 0 Å². The van der Waals surface area contributed by atoms with Gasteiger partial charge in [0.25, 0.3) is 0 Å². The highest BCUT2D eigenvalue weighted by Gasteiger charge is 2.32. The van der Waals surface area contributed by atoms with E-state index in [9.17, 15) is 30.6 Å². The Bertz CT molecular complexity index is 977. The van der Waals surface area contributed by atoms with Gasteiger partial charge in [0, 0.05) is 54.6 Å². The van der Waals surface area contributed by atoms with Crippen molar-refractivity contribution in [1.29, 1.82) is 0 Å². The van der Waals surface area contributed by atoms with E-state index in [1.165, 1.54) is 0 Å². The molecule has 0 aliphatic carbocycles. The third-order valence-corrected chi connectivity index (χ3v) is 8.35. The number of aliphatic hydroxyl groups excluding tert-OH is 4. The van der Waals surface area contributed by atoms with Gasteiger partial charge in [-0.05, 0) is 79.7 Å². The summed E-state index contributed by atoms with van der Waals surface area (Å²) in [5, 5.41) is 61.7. The molecule has 6 heteroatoms. The van der Waals surface area contributed by atoms with Gasteiger partial charge in [-0.1, -0.05) is 65.3 Å². The summed E-state index contributed by atoms with van der Waals surface area (Å²) in [6, 6.07) is 8.15. The number of phenols is 2. The first-order valence-corrected chi connectivity index (χ1v) is 15.1. The number of aliphatic hydroxyl groups is 4. The SMILES string of the molecule is CCCC(c1cc(CCCO)cc(C(C)(C)CCCO)c1O)c1cc(CCCO)cc(C(C)(C)CCCO)c1O. The maximum absolute atomic E-state index is 11.8. The number of hydrogen-bond donors (Lipinski definition) is 6. The van der Waals surface area contributed by atoms with Crippen LogP contribution in [0.4, 0.5) is 0 Å². The molecule has 2 aromatic rings. The second kappa shape index (κ2) is 15.8. The molecule has 0 heterocycles. The predicted octanol–water partition coefficient (Wildman–Crippen LogP) is 5.98. The number of rotatable bonds is 18. The summed E-state index contributed by atoms with van der Waals surface area (Å²) in [4.78, 5) is 0. The average Bonchev–Trinajstić information content (AvgIpc) is 2.92. The van der Waals surface area contributed by atoms with Crippen LogP contribution in [-0.4, -0.2) is 57.1 Å². The van der Waals surface area contributed by atoms with Crippen molar-refractivity contribution in [2.75, 3.05) is 26.4 Å². The Kier molecular flexibility index (Phi) is 13.4. The topological polar surface area (TPSA) is 121 Å². The van der Waals surface area contributed by atoms with Gasteiger partial charge in [-0.25, -0.2) is 0 Å². The standard InChI is InChI=1S/C34H54O6/c1-6-11-26(27-20-24(12-7-16-35)22-29(31(27)39)33(2,3)14-9-18-37)28-21-25(13-8-17-36)23-30(32(28)40)34(4,5)15-10-19-38/h20-23,26,35-40H,6-19H2,1-5H3. The third kappa shape index (κ3) is 8.69. The maximum atomic E-state index is 11.8. The summed E-state index contributed by atoms with van der Waals surface area (Å²) >= 11 is 0. The molecule has 0 bridgehead atoms. The largest absolute Gasteiger partial charge is 0.507 e. The van der Waals surface area contributed by atoms with Gasteiger partial charge in [-0.3, -0.25) is 0 Å².